The van der Waals surface area contributed by atoms with E-state index in [9.17, 15) is 0 Å². The van der Waals surface area contributed by atoms with Gasteiger partial charge in [-0.1, -0.05) is 13.8 Å². The molecule has 78 valence electrons. The molecule has 0 aromatic carbocycles. The lowest BCUT2D eigenvalue weighted by Crippen LogP contribution is -2.22. The maximum Gasteiger partial charge on any atom is 0.0383 e. The van der Waals surface area contributed by atoms with E-state index >= 15 is 0 Å². The summed E-state index contributed by atoms with van der Waals surface area (Å²) in [6.07, 6.45) is 4.43. The number of aromatic nitrogens is 1. The number of halogens is 1. The van der Waals surface area contributed by atoms with Gasteiger partial charge in [0.05, 0.1) is 0 Å². The van der Waals surface area contributed by atoms with E-state index in [4.69, 9.17) is 17.3 Å². The van der Waals surface area contributed by atoms with Gasteiger partial charge in [-0.25, -0.2) is 0 Å². The number of nitrogens with two attached hydrogens (primary N) is 1. The van der Waals surface area contributed by atoms with Crippen molar-refractivity contribution in [2.75, 3.05) is 5.73 Å². The maximum atomic E-state index is 6.00. The Labute approximate surface area is 90.5 Å². The van der Waals surface area contributed by atoms with Crippen LogP contribution in [-0.4, -0.2) is 10.4 Å². The molecule has 0 aliphatic heterocycles. The van der Waals surface area contributed by atoms with E-state index in [1.807, 2.05) is 19.2 Å². The summed E-state index contributed by atoms with van der Waals surface area (Å²) in [5.41, 5.74) is 7.76. The van der Waals surface area contributed by atoms with Crippen LogP contribution in [0, 0.1) is 0 Å². The molecule has 2 N–H and O–H groups in total. The second-order valence-corrected chi connectivity index (χ2v) is 5.08. The Bertz CT molecular complexity index is 308. The first-order chi connectivity index (χ1) is 6.43. The zero-order valence-corrected chi connectivity index (χ0v) is 9.67. The Kier molecular flexibility index (Phi) is 3.38. The largest absolute Gasteiger partial charge is 0.398 e. The van der Waals surface area contributed by atoms with E-state index in [1.165, 1.54) is 0 Å². The van der Waals surface area contributed by atoms with Gasteiger partial charge in [0.2, 0.25) is 0 Å². The summed E-state index contributed by atoms with van der Waals surface area (Å²) in [6, 6.07) is 1.83. The zero-order chi connectivity index (χ0) is 10.8. The fourth-order valence-electron chi connectivity index (χ4n) is 1.78. The van der Waals surface area contributed by atoms with Crippen molar-refractivity contribution in [2.24, 2.45) is 0 Å². The third-order valence-electron chi connectivity index (χ3n) is 2.38. The van der Waals surface area contributed by atoms with E-state index < -0.39 is 0 Å². The molecule has 1 unspecified atom stereocenters. The van der Waals surface area contributed by atoms with Crippen LogP contribution in [0.15, 0.2) is 18.5 Å². The van der Waals surface area contributed by atoms with Gasteiger partial charge in [0, 0.05) is 23.5 Å². The monoisotopic (exact) mass is 212 g/mol. The molecule has 0 amide bonds. The van der Waals surface area contributed by atoms with Crippen molar-refractivity contribution in [3.05, 3.63) is 24.0 Å². The molecule has 0 saturated heterocycles. The van der Waals surface area contributed by atoms with E-state index in [2.05, 4.69) is 18.8 Å². The molecule has 1 atom stereocenters. The van der Waals surface area contributed by atoms with Gasteiger partial charge in [-0.3, -0.25) is 4.98 Å². The van der Waals surface area contributed by atoms with Crippen LogP contribution in [0.4, 0.5) is 5.69 Å². The lowest BCUT2D eigenvalue weighted by Gasteiger charge is -2.27. The summed E-state index contributed by atoms with van der Waals surface area (Å²) >= 11 is 6.00. The third-order valence-corrected chi connectivity index (χ3v) is 2.53. The summed E-state index contributed by atoms with van der Waals surface area (Å²) in [4.78, 5) is 4.10. The molecular weight excluding hydrogens is 196 g/mol. The summed E-state index contributed by atoms with van der Waals surface area (Å²) in [6.45, 7) is 6.27. The predicted molar refractivity (Wildman–Crippen MR) is 61.6 cm³/mol. The number of anilines is 1. The minimum Gasteiger partial charge on any atom is -0.398 e. The van der Waals surface area contributed by atoms with Gasteiger partial charge in [0.1, 0.15) is 0 Å². The zero-order valence-electron chi connectivity index (χ0n) is 8.92. The molecule has 1 aromatic rings. The second kappa shape index (κ2) is 4.18. The predicted octanol–water partition coefficient (Wildman–Crippen LogP) is 2.96. The minimum atomic E-state index is -0.0144. The molecule has 3 heteroatoms. The Hall–Kier alpha value is -0.760. The van der Waals surface area contributed by atoms with Gasteiger partial charge in [-0.15, -0.1) is 11.6 Å². The highest BCUT2D eigenvalue weighted by Gasteiger charge is 2.24. The van der Waals surface area contributed by atoms with Crippen LogP contribution in [0.25, 0.3) is 0 Å². The van der Waals surface area contributed by atoms with Gasteiger partial charge in [0.15, 0.2) is 0 Å². The van der Waals surface area contributed by atoms with Gasteiger partial charge < -0.3 is 5.73 Å². The standard InChI is InChI=1S/C11H17ClN2/c1-8(12)6-11(2,3)9-7-14-5-4-10(9)13/h4-5,7-8H,6H2,1-3H3,(H2,13,14). The highest BCUT2D eigenvalue weighted by atomic mass is 35.5. The fraction of sp³-hybridized carbons (Fsp3) is 0.545. The Morgan fingerprint density at radius 3 is 2.71 bits per heavy atom. The average molecular weight is 213 g/mol. The molecule has 1 aromatic heterocycles. The first kappa shape index (κ1) is 11.3. The number of alkyl halides is 1. The molecule has 0 bridgehead atoms. The minimum absolute atomic E-state index is 0.0144. The van der Waals surface area contributed by atoms with Crippen molar-refractivity contribution in [1.29, 1.82) is 0 Å². The van der Waals surface area contributed by atoms with Crippen LogP contribution in [0.3, 0.4) is 0 Å². The van der Waals surface area contributed by atoms with Crippen molar-refractivity contribution in [3.8, 4) is 0 Å². The van der Waals surface area contributed by atoms with Crippen molar-refractivity contribution in [2.45, 2.75) is 38.0 Å². The number of nitrogens with zero attached hydrogens (tertiary/aromatic N) is 1. The molecule has 14 heavy (non-hydrogen) atoms. The average Bonchev–Trinajstić information content (AvgIpc) is 2.02. The van der Waals surface area contributed by atoms with E-state index in [1.54, 1.807) is 6.20 Å². The fourth-order valence-corrected chi connectivity index (χ4v) is 2.17. The SMILES string of the molecule is CC(Cl)CC(C)(C)c1cnccc1N. The van der Waals surface area contributed by atoms with Crippen LogP contribution in [-0.2, 0) is 5.41 Å². The highest BCUT2D eigenvalue weighted by molar-refractivity contribution is 6.20. The van der Waals surface area contributed by atoms with Gasteiger partial charge in [-0.2, -0.15) is 0 Å². The topological polar surface area (TPSA) is 38.9 Å². The summed E-state index contributed by atoms with van der Waals surface area (Å²) in [5, 5.41) is 0.143. The van der Waals surface area contributed by atoms with Gasteiger partial charge in [0.25, 0.3) is 0 Å². The maximum absolute atomic E-state index is 6.00. The van der Waals surface area contributed by atoms with Crippen LogP contribution < -0.4 is 5.73 Å². The molecule has 0 aliphatic carbocycles. The molecule has 0 spiro atoms. The molecule has 0 radical (unpaired) electrons. The summed E-state index contributed by atoms with van der Waals surface area (Å²) in [5.74, 6) is 0. The normalized spacial score (nSPS) is 14.0. The second-order valence-electron chi connectivity index (χ2n) is 4.33. The third kappa shape index (κ3) is 2.61. The number of hydrogen-bond donors (Lipinski definition) is 1. The lowest BCUT2D eigenvalue weighted by molar-refractivity contribution is 0.477. The molecular formula is C11H17ClN2. The Morgan fingerprint density at radius 1 is 1.57 bits per heavy atom. The molecule has 0 fully saturated rings. The van der Waals surface area contributed by atoms with Crippen molar-refractivity contribution in [1.82, 2.24) is 4.98 Å². The van der Waals surface area contributed by atoms with Crippen LogP contribution >= 0.6 is 11.6 Å². The Balaban J connectivity index is 2.97. The summed E-state index contributed by atoms with van der Waals surface area (Å²) in [7, 11) is 0. The van der Waals surface area contributed by atoms with Crippen molar-refractivity contribution >= 4 is 17.3 Å². The van der Waals surface area contributed by atoms with E-state index in [0.717, 1.165) is 17.7 Å². The number of hydrogen-bond acceptors (Lipinski definition) is 2. The van der Waals surface area contributed by atoms with Crippen molar-refractivity contribution in [3.63, 3.8) is 0 Å². The lowest BCUT2D eigenvalue weighted by atomic mass is 9.80. The van der Waals surface area contributed by atoms with Crippen molar-refractivity contribution < 1.29 is 0 Å². The molecule has 1 heterocycles. The first-order valence-corrected chi connectivity index (χ1v) is 5.21. The quantitative estimate of drug-likeness (QED) is 0.783. The van der Waals surface area contributed by atoms with E-state index in [-0.39, 0.29) is 10.8 Å². The molecule has 0 aliphatic rings. The highest BCUT2D eigenvalue weighted by Crippen LogP contribution is 2.32. The summed E-state index contributed by atoms with van der Waals surface area (Å²) < 4.78 is 0. The number of rotatable bonds is 3. The van der Waals surface area contributed by atoms with E-state index in [0.29, 0.717) is 0 Å². The van der Waals surface area contributed by atoms with Crippen LogP contribution in [0.5, 0.6) is 0 Å². The smallest absolute Gasteiger partial charge is 0.0383 e. The molecule has 1 rings (SSSR count). The molecule has 2 nitrogen and oxygen atoms in total. The first-order valence-electron chi connectivity index (χ1n) is 4.77. The van der Waals surface area contributed by atoms with Crippen LogP contribution in [0.2, 0.25) is 0 Å². The Morgan fingerprint density at radius 2 is 2.21 bits per heavy atom. The van der Waals surface area contributed by atoms with Gasteiger partial charge in [-0.05, 0) is 30.4 Å². The van der Waals surface area contributed by atoms with Gasteiger partial charge >= 0.3 is 0 Å². The number of pyridine rings is 1. The number of nitrogen functional groups attached to an aromatic ring is 1. The molecule has 0 saturated carbocycles. The van der Waals surface area contributed by atoms with Crippen LogP contribution in [0.1, 0.15) is 32.8 Å².